The van der Waals surface area contributed by atoms with Crippen molar-refractivity contribution >= 4 is 17.2 Å². The standard InChI is InChI=1S/C22H19N3O2/c1-2-27-22-9-4-3-8-19(22)17-6-5-7-18(13-17)25-15-23-20-12-16(14-24-26)10-11-21(20)25/h3-15,26H,2H2,1H3. The summed E-state index contributed by atoms with van der Waals surface area (Å²) in [5.41, 5.74) is 5.79. The predicted molar refractivity (Wildman–Crippen MR) is 107 cm³/mol. The van der Waals surface area contributed by atoms with Crippen molar-refractivity contribution in [3.05, 3.63) is 78.6 Å². The summed E-state index contributed by atoms with van der Waals surface area (Å²) < 4.78 is 7.82. The second kappa shape index (κ2) is 7.33. The maximum atomic E-state index is 8.71. The minimum Gasteiger partial charge on any atom is -0.493 e. The van der Waals surface area contributed by atoms with Gasteiger partial charge in [-0.25, -0.2) is 4.98 Å². The third-order valence-corrected chi connectivity index (χ3v) is 4.40. The zero-order chi connectivity index (χ0) is 18.6. The van der Waals surface area contributed by atoms with Gasteiger partial charge in [0.15, 0.2) is 0 Å². The lowest BCUT2D eigenvalue weighted by Gasteiger charge is -2.12. The number of ether oxygens (including phenoxy) is 1. The van der Waals surface area contributed by atoms with E-state index in [0.29, 0.717) is 6.61 Å². The molecular weight excluding hydrogens is 338 g/mol. The molecule has 5 nitrogen and oxygen atoms in total. The number of oxime groups is 1. The molecule has 0 saturated heterocycles. The van der Waals surface area contributed by atoms with Gasteiger partial charge >= 0.3 is 0 Å². The summed E-state index contributed by atoms with van der Waals surface area (Å²) >= 11 is 0. The Balaban J connectivity index is 1.79. The van der Waals surface area contributed by atoms with Gasteiger partial charge in [0.2, 0.25) is 0 Å². The maximum absolute atomic E-state index is 8.71. The fraction of sp³-hybridized carbons (Fsp3) is 0.0909. The Hall–Kier alpha value is -3.60. The molecule has 27 heavy (non-hydrogen) atoms. The molecule has 0 aliphatic carbocycles. The van der Waals surface area contributed by atoms with Crippen molar-refractivity contribution in [1.29, 1.82) is 0 Å². The number of hydrogen-bond acceptors (Lipinski definition) is 4. The van der Waals surface area contributed by atoms with E-state index in [1.54, 1.807) is 6.33 Å². The molecule has 0 fully saturated rings. The zero-order valence-corrected chi connectivity index (χ0v) is 14.9. The van der Waals surface area contributed by atoms with Crippen LogP contribution in [0.4, 0.5) is 0 Å². The van der Waals surface area contributed by atoms with Gasteiger partial charge in [-0.15, -0.1) is 0 Å². The van der Waals surface area contributed by atoms with Crippen molar-refractivity contribution in [2.75, 3.05) is 6.61 Å². The Morgan fingerprint density at radius 3 is 2.81 bits per heavy atom. The fourth-order valence-corrected chi connectivity index (χ4v) is 3.19. The summed E-state index contributed by atoms with van der Waals surface area (Å²) in [5.74, 6) is 0.876. The molecule has 0 atom stereocenters. The molecule has 1 aromatic heterocycles. The number of benzene rings is 3. The van der Waals surface area contributed by atoms with Gasteiger partial charge in [-0.3, -0.25) is 4.57 Å². The monoisotopic (exact) mass is 357 g/mol. The molecule has 3 aromatic carbocycles. The number of rotatable bonds is 5. The van der Waals surface area contributed by atoms with Crippen LogP contribution in [-0.2, 0) is 0 Å². The molecule has 1 N–H and O–H groups in total. The van der Waals surface area contributed by atoms with Crippen LogP contribution < -0.4 is 4.74 Å². The number of nitrogens with zero attached hydrogens (tertiary/aromatic N) is 3. The molecule has 1 heterocycles. The first-order chi connectivity index (χ1) is 13.3. The van der Waals surface area contributed by atoms with Crippen molar-refractivity contribution in [2.24, 2.45) is 5.16 Å². The van der Waals surface area contributed by atoms with Crippen molar-refractivity contribution in [1.82, 2.24) is 9.55 Å². The van der Waals surface area contributed by atoms with Gasteiger partial charge in [0.1, 0.15) is 12.1 Å². The van der Waals surface area contributed by atoms with E-state index < -0.39 is 0 Å². The first-order valence-corrected chi connectivity index (χ1v) is 8.77. The highest BCUT2D eigenvalue weighted by molar-refractivity contribution is 5.87. The summed E-state index contributed by atoms with van der Waals surface area (Å²) in [5, 5.41) is 11.8. The minimum atomic E-state index is 0.627. The van der Waals surface area contributed by atoms with Gasteiger partial charge in [-0.1, -0.05) is 41.6 Å². The number of fused-ring (bicyclic) bond motifs is 1. The second-order valence-electron chi connectivity index (χ2n) is 6.09. The number of imidazole rings is 1. The zero-order valence-electron chi connectivity index (χ0n) is 14.9. The summed E-state index contributed by atoms with van der Waals surface area (Å²) in [6.07, 6.45) is 3.20. The summed E-state index contributed by atoms with van der Waals surface area (Å²) in [6, 6.07) is 22.1. The molecule has 0 aliphatic rings. The average molecular weight is 357 g/mol. The Kier molecular flexibility index (Phi) is 4.58. The average Bonchev–Trinajstić information content (AvgIpc) is 3.12. The molecule has 134 valence electrons. The van der Waals surface area contributed by atoms with Crippen LogP contribution in [-0.4, -0.2) is 27.6 Å². The maximum Gasteiger partial charge on any atom is 0.127 e. The van der Waals surface area contributed by atoms with E-state index in [-0.39, 0.29) is 0 Å². The van der Waals surface area contributed by atoms with Crippen LogP contribution in [0.1, 0.15) is 12.5 Å². The van der Waals surface area contributed by atoms with Crippen LogP contribution in [0.3, 0.4) is 0 Å². The van der Waals surface area contributed by atoms with Crippen molar-refractivity contribution < 1.29 is 9.94 Å². The highest BCUT2D eigenvalue weighted by atomic mass is 16.5. The van der Waals surface area contributed by atoms with Crippen LogP contribution in [0.15, 0.2) is 78.2 Å². The molecule has 0 saturated carbocycles. The largest absolute Gasteiger partial charge is 0.493 e. The van der Waals surface area contributed by atoms with Crippen LogP contribution in [0.5, 0.6) is 5.75 Å². The molecule has 4 aromatic rings. The second-order valence-corrected chi connectivity index (χ2v) is 6.09. The lowest BCUT2D eigenvalue weighted by molar-refractivity contribution is 0.322. The van der Waals surface area contributed by atoms with Gasteiger partial charge in [-0.05, 0) is 48.4 Å². The van der Waals surface area contributed by atoms with E-state index in [9.17, 15) is 0 Å². The van der Waals surface area contributed by atoms with Gasteiger partial charge in [0.25, 0.3) is 0 Å². The Labute approximate surface area is 157 Å². The third kappa shape index (κ3) is 3.27. The summed E-state index contributed by atoms with van der Waals surface area (Å²) in [6.45, 7) is 2.61. The van der Waals surface area contributed by atoms with E-state index in [0.717, 1.165) is 39.2 Å². The normalized spacial score (nSPS) is 11.3. The molecule has 0 unspecified atom stereocenters. The molecule has 0 amide bonds. The van der Waals surface area contributed by atoms with Crippen molar-refractivity contribution in [3.8, 4) is 22.6 Å². The van der Waals surface area contributed by atoms with E-state index in [2.05, 4.69) is 34.4 Å². The predicted octanol–water partition coefficient (Wildman–Crippen LogP) is 4.90. The first kappa shape index (κ1) is 16.8. The van der Waals surface area contributed by atoms with Crippen LogP contribution >= 0.6 is 0 Å². The molecule has 0 radical (unpaired) electrons. The molecule has 0 bridgehead atoms. The third-order valence-electron chi connectivity index (χ3n) is 4.40. The lowest BCUT2D eigenvalue weighted by Crippen LogP contribution is -1.95. The van der Waals surface area contributed by atoms with Gasteiger partial charge < -0.3 is 9.94 Å². The van der Waals surface area contributed by atoms with E-state index >= 15 is 0 Å². The topological polar surface area (TPSA) is 59.6 Å². The highest BCUT2D eigenvalue weighted by Crippen LogP contribution is 2.31. The number of para-hydroxylation sites is 1. The van der Waals surface area contributed by atoms with Gasteiger partial charge in [0, 0.05) is 11.3 Å². The quantitative estimate of drug-likeness (QED) is 0.314. The van der Waals surface area contributed by atoms with E-state index in [4.69, 9.17) is 9.94 Å². The first-order valence-electron chi connectivity index (χ1n) is 8.77. The smallest absolute Gasteiger partial charge is 0.127 e. The van der Waals surface area contributed by atoms with Crippen molar-refractivity contribution in [3.63, 3.8) is 0 Å². The lowest BCUT2D eigenvalue weighted by atomic mass is 10.0. The Morgan fingerprint density at radius 2 is 1.96 bits per heavy atom. The molecule has 4 rings (SSSR count). The highest BCUT2D eigenvalue weighted by Gasteiger charge is 2.09. The summed E-state index contributed by atoms with van der Waals surface area (Å²) in [7, 11) is 0. The van der Waals surface area contributed by atoms with Crippen molar-refractivity contribution in [2.45, 2.75) is 6.92 Å². The Morgan fingerprint density at radius 1 is 1.07 bits per heavy atom. The van der Waals surface area contributed by atoms with Crippen LogP contribution in [0.25, 0.3) is 27.8 Å². The van der Waals surface area contributed by atoms with Gasteiger partial charge in [-0.2, -0.15) is 0 Å². The number of aromatic nitrogens is 2. The summed E-state index contributed by atoms with van der Waals surface area (Å²) in [4.78, 5) is 4.48. The van der Waals surface area contributed by atoms with Crippen LogP contribution in [0, 0.1) is 0 Å². The fourth-order valence-electron chi connectivity index (χ4n) is 3.19. The van der Waals surface area contributed by atoms with Gasteiger partial charge in [0.05, 0.1) is 23.9 Å². The van der Waals surface area contributed by atoms with E-state index in [1.807, 2.05) is 54.0 Å². The Bertz CT molecular complexity index is 1120. The molecular formula is C22H19N3O2. The van der Waals surface area contributed by atoms with Crippen LogP contribution in [0.2, 0.25) is 0 Å². The molecule has 5 heteroatoms. The van der Waals surface area contributed by atoms with E-state index in [1.165, 1.54) is 6.21 Å². The molecule has 0 spiro atoms. The SMILES string of the molecule is CCOc1ccccc1-c1cccc(-n2cnc3cc(C=NO)ccc32)c1. The minimum absolute atomic E-state index is 0.627. The number of hydrogen-bond donors (Lipinski definition) is 1. The molecule has 0 aliphatic heterocycles.